The molecule has 0 amide bonds. The maximum absolute atomic E-state index is 6.53. The normalized spacial score (nSPS) is 12.0. The molecule has 0 spiro atoms. The van der Waals surface area contributed by atoms with Gasteiger partial charge in [0.15, 0.2) is 5.58 Å². The molecular weight excluding hydrogens is 448 g/mol. The number of hydrogen-bond donors (Lipinski definition) is 0. The van der Waals surface area contributed by atoms with E-state index in [0.29, 0.717) is 0 Å². The molecule has 0 radical (unpaired) electrons. The molecule has 0 atom stereocenters. The molecule has 0 saturated heterocycles. The Bertz CT molecular complexity index is 2060. The smallest absolute Gasteiger partial charge is 0.160 e. The third-order valence-electron chi connectivity index (χ3n) is 6.94. The van der Waals surface area contributed by atoms with E-state index in [2.05, 4.69) is 95.6 Å². The van der Waals surface area contributed by atoms with E-state index in [1.54, 1.807) is 11.3 Å². The lowest BCUT2D eigenvalue weighted by atomic mass is 10.0. The quantitative estimate of drug-likeness (QED) is 0.255. The van der Waals surface area contributed by atoms with Crippen LogP contribution in [0.3, 0.4) is 0 Å². The van der Waals surface area contributed by atoms with Gasteiger partial charge in [-0.3, -0.25) is 0 Å². The number of nitrogens with zero attached hydrogens (tertiary/aromatic N) is 2. The predicted octanol–water partition coefficient (Wildman–Crippen LogP) is 8.96. The molecule has 8 aromatic rings. The van der Waals surface area contributed by atoms with E-state index in [1.807, 2.05) is 17.6 Å². The van der Waals surface area contributed by atoms with Crippen molar-refractivity contribution >= 4 is 65.3 Å². The minimum atomic E-state index is 0.906. The van der Waals surface area contributed by atoms with Crippen LogP contribution < -0.4 is 0 Å². The fourth-order valence-corrected chi connectivity index (χ4v) is 6.13. The average molecular weight is 467 g/mol. The number of furan rings is 1. The van der Waals surface area contributed by atoms with Gasteiger partial charge in [0, 0.05) is 21.5 Å². The molecule has 0 fully saturated rings. The van der Waals surface area contributed by atoms with E-state index in [4.69, 9.17) is 9.40 Å². The highest BCUT2D eigenvalue weighted by molar-refractivity contribution is 7.16. The summed E-state index contributed by atoms with van der Waals surface area (Å²) >= 11 is 1.68. The van der Waals surface area contributed by atoms with Crippen molar-refractivity contribution in [2.45, 2.75) is 0 Å². The van der Waals surface area contributed by atoms with Crippen molar-refractivity contribution in [3.8, 4) is 16.8 Å². The van der Waals surface area contributed by atoms with E-state index >= 15 is 0 Å². The number of benzene rings is 5. The third-order valence-corrected chi connectivity index (χ3v) is 7.72. The lowest BCUT2D eigenvalue weighted by Crippen LogP contribution is -1.96. The monoisotopic (exact) mass is 466 g/mol. The van der Waals surface area contributed by atoms with Gasteiger partial charge in [0.25, 0.3) is 0 Å². The zero-order valence-electron chi connectivity index (χ0n) is 18.6. The Labute approximate surface area is 204 Å². The summed E-state index contributed by atoms with van der Waals surface area (Å²) in [5.74, 6) is 0. The van der Waals surface area contributed by atoms with Crippen molar-refractivity contribution in [2.24, 2.45) is 0 Å². The van der Waals surface area contributed by atoms with Gasteiger partial charge < -0.3 is 8.98 Å². The van der Waals surface area contributed by atoms with Gasteiger partial charge in [-0.1, -0.05) is 72.8 Å². The topological polar surface area (TPSA) is 31.0 Å². The highest BCUT2D eigenvalue weighted by atomic mass is 32.1. The largest absolute Gasteiger partial charge is 0.454 e. The Morgan fingerprint density at radius 3 is 2.34 bits per heavy atom. The standard InChI is InChI=1S/C31H18N2OS/c1-2-8-19(9-3-1)20-16-26(29-28(17-20)35-18-32-29)33-25-12-6-4-10-21(25)23-14-15-24-22-11-5-7-13-27(22)34-31(24)30(23)33/h1-18H. The summed E-state index contributed by atoms with van der Waals surface area (Å²) in [5, 5.41) is 4.66. The van der Waals surface area contributed by atoms with E-state index in [-0.39, 0.29) is 0 Å². The number of hydrogen-bond acceptors (Lipinski definition) is 3. The first kappa shape index (κ1) is 19.0. The van der Waals surface area contributed by atoms with Gasteiger partial charge in [0.1, 0.15) is 11.1 Å². The molecule has 3 heterocycles. The van der Waals surface area contributed by atoms with Crippen LogP contribution in [-0.2, 0) is 0 Å². The molecule has 35 heavy (non-hydrogen) atoms. The molecule has 0 unspecified atom stereocenters. The molecule has 0 aliphatic rings. The van der Waals surface area contributed by atoms with Crippen LogP contribution in [0.1, 0.15) is 0 Å². The van der Waals surface area contributed by atoms with Gasteiger partial charge in [-0.25, -0.2) is 4.98 Å². The van der Waals surface area contributed by atoms with Crippen LogP contribution >= 0.6 is 11.3 Å². The number of rotatable bonds is 2. The summed E-state index contributed by atoms with van der Waals surface area (Å²) in [7, 11) is 0. The first-order valence-electron chi connectivity index (χ1n) is 11.6. The van der Waals surface area contributed by atoms with Crippen LogP contribution in [0, 0.1) is 0 Å². The molecular formula is C31H18N2OS. The fraction of sp³-hybridized carbons (Fsp3) is 0. The van der Waals surface area contributed by atoms with Gasteiger partial charge in [-0.05, 0) is 41.5 Å². The zero-order valence-corrected chi connectivity index (χ0v) is 19.4. The Balaban J connectivity index is 1.59. The van der Waals surface area contributed by atoms with Crippen LogP contribution in [0.15, 0.2) is 113 Å². The first-order valence-corrected chi connectivity index (χ1v) is 12.5. The van der Waals surface area contributed by atoms with Crippen molar-refractivity contribution < 1.29 is 4.42 Å². The summed E-state index contributed by atoms with van der Waals surface area (Å²) in [6, 6.07) is 36.4. The molecule has 164 valence electrons. The second-order valence-corrected chi connectivity index (χ2v) is 9.74. The van der Waals surface area contributed by atoms with Gasteiger partial charge in [-0.15, -0.1) is 11.3 Å². The maximum Gasteiger partial charge on any atom is 0.160 e. The number of fused-ring (bicyclic) bond motifs is 8. The molecule has 8 rings (SSSR count). The Hall–Kier alpha value is -4.41. The number of thiazole rings is 1. The fourth-order valence-electron chi connectivity index (χ4n) is 5.40. The summed E-state index contributed by atoms with van der Waals surface area (Å²) in [5.41, 5.74) is 10.4. The van der Waals surface area contributed by atoms with Gasteiger partial charge in [0.05, 0.1) is 26.9 Å². The van der Waals surface area contributed by atoms with Crippen LogP contribution in [0.2, 0.25) is 0 Å². The van der Waals surface area contributed by atoms with Gasteiger partial charge in [0.2, 0.25) is 0 Å². The van der Waals surface area contributed by atoms with Crippen molar-refractivity contribution in [1.29, 1.82) is 0 Å². The van der Waals surface area contributed by atoms with E-state index < -0.39 is 0 Å². The minimum absolute atomic E-state index is 0.906. The van der Waals surface area contributed by atoms with E-state index in [0.717, 1.165) is 44.2 Å². The molecule has 0 N–H and O–H groups in total. The van der Waals surface area contributed by atoms with Crippen molar-refractivity contribution in [3.05, 3.63) is 109 Å². The molecule has 0 saturated carbocycles. The van der Waals surface area contributed by atoms with Gasteiger partial charge in [-0.2, -0.15) is 0 Å². The van der Waals surface area contributed by atoms with E-state index in [9.17, 15) is 0 Å². The summed E-state index contributed by atoms with van der Waals surface area (Å²) in [6.07, 6.45) is 0. The Morgan fingerprint density at radius 1 is 0.657 bits per heavy atom. The summed E-state index contributed by atoms with van der Waals surface area (Å²) in [4.78, 5) is 4.81. The molecule has 4 heteroatoms. The van der Waals surface area contributed by atoms with Crippen LogP contribution in [0.5, 0.6) is 0 Å². The lowest BCUT2D eigenvalue weighted by Gasteiger charge is -2.12. The SMILES string of the molecule is c1ccc(-c2cc(-n3c4ccccc4c4ccc5c6ccccc6oc5c43)c3ncsc3c2)cc1. The highest BCUT2D eigenvalue weighted by Gasteiger charge is 2.21. The maximum atomic E-state index is 6.53. The molecule has 3 aromatic heterocycles. The van der Waals surface area contributed by atoms with Crippen LogP contribution in [-0.4, -0.2) is 9.55 Å². The summed E-state index contributed by atoms with van der Waals surface area (Å²) < 4.78 is 10.0. The van der Waals surface area contributed by atoms with Crippen LogP contribution in [0.25, 0.3) is 70.8 Å². The Morgan fingerprint density at radius 2 is 1.43 bits per heavy atom. The number of para-hydroxylation sites is 2. The highest BCUT2D eigenvalue weighted by Crippen LogP contribution is 2.42. The second-order valence-electron chi connectivity index (χ2n) is 8.85. The Kier molecular flexibility index (Phi) is 3.82. The number of aromatic nitrogens is 2. The molecule has 3 nitrogen and oxygen atoms in total. The zero-order chi connectivity index (χ0) is 22.9. The molecule has 5 aromatic carbocycles. The van der Waals surface area contributed by atoms with E-state index in [1.165, 1.54) is 26.6 Å². The second kappa shape index (κ2) is 7.05. The van der Waals surface area contributed by atoms with Crippen molar-refractivity contribution in [1.82, 2.24) is 9.55 Å². The van der Waals surface area contributed by atoms with Crippen molar-refractivity contribution in [3.63, 3.8) is 0 Å². The van der Waals surface area contributed by atoms with Crippen LogP contribution in [0.4, 0.5) is 0 Å². The van der Waals surface area contributed by atoms with Crippen molar-refractivity contribution in [2.75, 3.05) is 0 Å². The third kappa shape index (κ3) is 2.63. The average Bonchev–Trinajstić information content (AvgIpc) is 3.62. The molecule has 0 aliphatic heterocycles. The summed E-state index contributed by atoms with van der Waals surface area (Å²) in [6.45, 7) is 0. The minimum Gasteiger partial charge on any atom is -0.454 e. The lowest BCUT2D eigenvalue weighted by molar-refractivity contribution is 0.671. The molecule has 0 bridgehead atoms. The first-order chi connectivity index (χ1) is 17.4. The molecule has 0 aliphatic carbocycles. The van der Waals surface area contributed by atoms with Gasteiger partial charge >= 0.3 is 0 Å². The predicted molar refractivity (Wildman–Crippen MR) is 147 cm³/mol.